The van der Waals surface area contributed by atoms with Gasteiger partial charge < -0.3 is 10.1 Å². The van der Waals surface area contributed by atoms with Crippen molar-refractivity contribution in [2.75, 3.05) is 7.11 Å². The molecular formula is C16H18N2OS. The molecule has 0 fully saturated rings. The van der Waals surface area contributed by atoms with E-state index in [0.717, 1.165) is 18.5 Å². The largest absolute Gasteiger partial charge is 0.495 e. The Morgan fingerprint density at radius 1 is 1.35 bits per heavy atom. The maximum absolute atomic E-state index is 8.96. The standard InChI is InChI=1S/C16H18N2OS/c1-12(7-14-5-6-20-11-14)18-10-13-3-4-15(9-17)16(8-13)19-2/h3-6,8,11-12,18H,7,10H2,1-2H3. The predicted octanol–water partition coefficient (Wildman–Crippen LogP) is 3.35. The normalized spacial score (nSPS) is 11.8. The molecule has 0 radical (unpaired) electrons. The molecule has 4 heteroatoms. The Hall–Kier alpha value is -1.83. The van der Waals surface area contributed by atoms with Crippen LogP contribution in [-0.2, 0) is 13.0 Å². The molecule has 104 valence electrons. The van der Waals surface area contributed by atoms with Gasteiger partial charge in [0.05, 0.1) is 12.7 Å². The first kappa shape index (κ1) is 14.6. The van der Waals surface area contributed by atoms with E-state index >= 15 is 0 Å². The number of benzene rings is 1. The summed E-state index contributed by atoms with van der Waals surface area (Å²) in [5, 5.41) is 16.7. The molecule has 0 saturated heterocycles. The van der Waals surface area contributed by atoms with Crippen LogP contribution in [0.4, 0.5) is 0 Å². The van der Waals surface area contributed by atoms with Crippen LogP contribution in [0.2, 0.25) is 0 Å². The monoisotopic (exact) mass is 286 g/mol. The number of hydrogen-bond donors (Lipinski definition) is 1. The van der Waals surface area contributed by atoms with Gasteiger partial charge in [-0.15, -0.1) is 0 Å². The Morgan fingerprint density at radius 3 is 2.85 bits per heavy atom. The van der Waals surface area contributed by atoms with Gasteiger partial charge in [0.25, 0.3) is 0 Å². The van der Waals surface area contributed by atoms with Crippen LogP contribution in [0.25, 0.3) is 0 Å². The highest BCUT2D eigenvalue weighted by Crippen LogP contribution is 2.19. The highest BCUT2D eigenvalue weighted by Gasteiger charge is 2.06. The van der Waals surface area contributed by atoms with Crippen LogP contribution < -0.4 is 10.1 Å². The van der Waals surface area contributed by atoms with Gasteiger partial charge in [0.1, 0.15) is 11.8 Å². The number of nitrogens with one attached hydrogen (secondary N) is 1. The van der Waals surface area contributed by atoms with Gasteiger partial charge in [0.2, 0.25) is 0 Å². The first-order valence-corrected chi connectivity index (χ1v) is 7.48. The van der Waals surface area contributed by atoms with Crippen LogP contribution in [0.1, 0.15) is 23.6 Å². The van der Waals surface area contributed by atoms with Crippen LogP contribution in [0.5, 0.6) is 5.75 Å². The number of nitriles is 1. The molecule has 1 atom stereocenters. The molecule has 0 amide bonds. The summed E-state index contributed by atoms with van der Waals surface area (Å²) in [5.41, 5.74) is 3.06. The Kier molecular flexibility index (Phi) is 5.16. The molecule has 0 saturated carbocycles. The molecule has 1 aromatic heterocycles. The van der Waals surface area contributed by atoms with E-state index in [1.807, 2.05) is 12.1 Å². The summed E-state index contributed by atoms with van der Waals surface area (Å²) in [6, 6.07) is 10.4. The van der Waals surface area contributed by atoms with Gasteiger partial charge in [0, 0.05) is 12.6 Å². The molecule has 0 aliphatic rings. The second kappa shape index (κ2) is 7.09. The molecule has 1 unspecified atom stereocenters. The Labute approximate surface area is 123 Å². The van der Waals surface area contributed by atoms with E-state index in [1.54, 1.807) is 24.5 Å². The number of thiophene rings is 1. The fourth-order valence-electron chi connectivity index (χ4n) is 2.06. The van der Waals surface area contributed by atoms with Crippen LogP contribution >= 0.6 is 11.3 Å². The Balaban J connectivity index is 1.92. The summed E-state index contributed by atoms with van der Waals surface area (Å²) in [7, 11) is 1.59. The van der Waals surface area contributed by atoms with Crippen molar-refractivity contribution in [1.82, 2.24) is 5.32 Å². The summed E-state index contributed by atoms with van der Waals surface area (Å²) in [6.45, 7) is 2.95. The molecule has 0 bridgehead atoms. The van der Waals surface area contributed by atoms with Crippen molar-refractivity contribution in [3.8, 4) is 11.8 Å². The van der Waals surface area contributed by atoms with E-state index in [2.05, 4.69) is 35.1 Å². The lowest BCUT2D eigenvalue weighted by atomic mass is 10.1. The number of ether oxygens (including phenoxy) is 1. The Morgan fingerprint density at radius 2 is 2.20 bits per heavy atom. The van der Waals surface area contributed by atoms with Crippen molar-refractivity contribution >= 4 is 11.3 Å². The molecule has 2 rings (SSSR count). The number of rotatable bonds is 6. The van der Waals surface area contributed by atoms with Gasteiger partial charge in [-0.2, -0.15) is 16.6 Å². The molecule has 1 N–H and O–H groups in total. The lowest BCUT2D eigenvalue weighted by Crippen LogP contribution is -2.27. The van der Waals surface area contributed by atoms with Crippen molar-refractivity contribution in [2.24, 2.45) is 0 Å². The summed E-state index contributed by atoms with van der Waals surface area (Å²) in [4.78, 5) is 0. The quantitative estimate of drug-likeness (QED) is 0.885. The third kappa shape index (κ3) is 3.83. The highest BCUT2D eigenvalue weighted by atomic mass is 32.1. The van der Waals surface area contributed by atoms with Gasteiger partial charge >= 0.3 is 0 Å². The third-order valence-corrected chi connectivity index (χ3v) is 3.90. The van der Waals surface area contributed by atoms with E-state index < -0.39 is 0 Å². The molecule has 2 aromatic rings. The fraction of sp³-hybridized carbons (Fsp3) is 0.312. The summed E-state index contributed by atoms with van der Waals surface area (Å²) < 4.78 is 5.22. The average molecular weight is 286 g/mol. The van der Waals surface area contributed by atoms with Crippen LogP contribution in [0.15, 0.2) is 35.0 Å². The van der Waals surface area contributed by atoms with Gasteiger partial charge in [-0.25, -0.2) is 0 Å². The van der Waals surface area contributed by atoms with Crippen LogP contribution in [0, 0.1) is 11.3 Å². The minimum atomic E-state index is 0.409. The van der Waals surface area contributed by atoms with Crippen LogP contribution in [-0.4, -0.2) is 13.2 Å². The van der Waals surface area contributed by atoms with Crippen LogP contribution in [0.3, 0.4) is 0 Å². The SMILES string of the molecule is COc1cc(CNC(C)Cc2ccsc2)ccc1C#N. The summed E-state index contributed by atoms with van der Waals surface area (Å²) in [5.74, 6) is 0.636. The van der Waals surface area contributed by atoms with E-state index in [9.17, 15) is 0 Å². The summed E-state index contributed by atoms with van der Waals surface area (Å²) in [6.07, 6.45) is 1.02. The smallest absolute Gasteiger partial charge is 0.136 e. The van der Waals surface area contributed by atoms with Gasteiger partial charge in [-0.1, -0.05) is 6.07 Å². The zero-order valence-electron chi connectivity index (χ0n) is 11.7. The van der Waals surface area contributed by atoms with E-state index in [1.165, 1.54) is 5.56 Å². The molecule has 0 aliphatic heterocycles. The lowest BCUT2D eigenvalue weighted by molar-refractivity contribution is 0.412. The third-order valence-electron chi connectivity index (χ3n) is 3.16. The highest BCUT2D eigenvalue weighted by molar-refractivity contribution is 7.07. The first-order chi connectivity index (χ1) is 9.72. The predicted molar refractivity (Wildman–Crippen MR) is 82.0 cm³/mol. The van der Waals surface area contributed by atoms with Gasteiger partial charge in [0.15, 0.2) is 0 Å². The lowest BCUT2D eigenvalue weighted by Gasteiger charge is -2.14. The molecule has 0 aliphatic carbocycles. The summed E-state index contributed by atoms with van der Waals surface area (Å²) >= 11 is 1.73. The molecule has 1 heterocycles. The number of methoxy groups -OCH3 is 1. The molecule has 0 spiro atoms. The topological polar surface area (TPSA) is 45.0 Å². The average Bonchev–Trinajstić information content (AvgIpc) is 2.97. The van der Waals surface area contributed by atoms with Gasteiger partial charge in [-0.05, 0) is 53.4 Å². The minimum absolute atomic E-state index is 0.409. The van der Waals surface area contributed by atoms with Crippen molar-refractivity contribution in [2.45, 2.75) is 25.9 Å². The van der Waals surface area contributed by atoms with Crippen molar-refractivity contribution in [3.63, 3.8) is 0 Å². The zero-order valence-corrected chi connectivity index (χ0v) is 12.5. The maximum atomic E-state index is 8.96. The zero-order chi connectivity index (χ0) is 14.4. The molecule has 3 nitrogen and oxygen atoms in total. The van der Waals surface area contributed by atoms with Gasteiger partial charge in [-0.3, -0.25) is 0 Å². The van der Waals surface area contributed by atoms with E-state index in [4.69, 9.17) is 10.00 Å². The van der Waals surface area contributed by atoms with E-state index in [0.29, 0.717) is 17.4 Å². The molecule has 1 aromatic carbocycles. The van der Waals surface area contributed by atoms with E-state index in [-0.39, 0.29) is 0 Å². The second-order valence-corrected chi connectivity index (χ2v) is 5.54. The minimum Gasteiger partial charge on any atom is -0.495 e. The first-order valence-electron chi connectivity index (χ1n) is 6.54. The van der Waals surface area contributed by atoms with Crippen molar-refractivity contribution in [3.05, 3.63) is 51.7 Å². The number of nitrogens with zero attached hydrogens (tertiary/aromatic N) is 1. The Bertz CT molecular complexity index is 587. The fourth-order valence-corrected chi connectivity index (χ4v) is 2.75. The number of hydrogen-bond acceptors (Lipinski definition) is 4. The van der Waals surface area contributed by atoms with Crippen molar-refractivity contribution < 1.29 is 4.74 Å². The maximum Gasteiger partial charge on any atom is 0.136 e. The van der Waals surface area contributed by atoms with Crippen molar-refractivity contribution in [1.29, 1.82) is 5.26 Å². The second-order valence-electron chi connectivity index (χ2n) is 4.76. The molecular weight excluding hydrogens is 268 g/mol. The molecule has 20 heavy (non-hydrogen) atoms.